The van der Waals surface area contributed by atoms with Crippen molar-refractivity contribution in [3.63, 3.8) is 0 Å². The number of hydrogen-bond acceptors (Lipinski definition) is 3. The fourth-order valence-corrected chi connectivity index (χ4v) is 2.14. The van der Waals surface area contributed by atoms with E-state index in [2.05, 4.69) is 5.32 Å². The predicted molar refractivity (Wildman–Crippen MR) is 93.1 cm³/mol. The maximum absolute atomic E-state index is 12.1. The van der Waals surface area contributed by atoms with E-state index in [4.69, 9.17) is 9.47 Å². The average Bonchev–Trinajstić information content (AvgIpc) is 2.55. The van der Waals surface area contributed by atoms with Crippen molar-refractivity contribution < 1.29 is 14.3 Å². The summed E-state index contributed by atoms with van der Waals surface area (Å²) in [4.78, 5) is 12.1. The molecule has 1 N–H and O–H groups in total. The molecule has 2 aromatic carbocycles. The monoisotopic (exact) mass is 311 g/mol. The van der Waals surface area contributed by atoms with Crippen molar-refractivity contribution in [3.8, 4) is 11.5 Å². The molecule has 4 nitrogen and oxygen atoms in total. The molecule has 0 saturated carbocycles. The standard InChI is InChI=1S/C19H21NO3/c1-13-5-7-15(8-6-13)9-10-19(21)20-16-12-18(23-4)17(22-3)11-14(16)2/h5-12H,1-4H3,(H,20,21). The van der Waals surface area contributed by atoms with E-state index in [9.17, 15) is 4.79 Å². The zero-order valence-electron chi connectivity index (χ0n) is 13.8. The Hall–Kier alpha value is -2.75. The molecule has 0 fully saturated rings. The summed E-state index contributed by atoms with van der Waals surface area (Å²) in [6.07, 6.45) is 3.30. The molecule has 0 radical (unpaired) electrons. The van der Waals surface area contributed by atoms with Gasteiger partial charge in [-0.15, -0.1) is 0 Å². The lowest BCUT2D eigenvalue weighted by Crippen LogP contribution is -2.09. The Kier molecular flexibility index (Phi) is 5.41. The Morgan fingerprint density at radius 2 is 1.61 bits per heavy atom. The zero-order chi connectivity index (χ0) is 16.8. The number of methoxy groups -OCH3 is 2. The fourth-order valence-electron chi connectivity index (χ4n) is 2.14. The van der Waals surface area contributed by atoms with Crippen molar-refractivity contribution in [2.45, 2.75) is 13.8 Å². The number of ether oxygens (including phenoxy) is 2. The average molecular weight is 311 g/mol. The van der Waals surface area contributed by atoms with Crippen LogP contribution >= 0.6 is 0 Å². The van der Waals surface area contributed by atoms with E-state index in [1.165, 1.54) is 11.6 Å². The summed E-state index contributed by atoms with van der Waals surface area (Å²) in [6, 6.07) is 11.6. The SMILES string of the molecule is COc1cc(C)c(NC(=O)C=Cc2ccc(C)cc2)cc1OC. The molecule has 0 aliphatic carbocycles. The first-order valence-corrected chi connectivity index (χ1v) is 7.32. The smallest absolute Gasteiger partial charge is 0.248 e. The molecule has 120 valence electrons. The number of hydrogen-bond donors (Lipinski definition) is 1. The first kappa shape index (κ1) is 16.6. The molecular weight excluding hydrogens is 290 g/mol. The van der Waals surface area contributed by atoms with Crippen molar-refractivity contribution in [2.24, 2.45) is 0 Å². The van der Waals surface area contributed by atoms with E-state index in [1.807, 2.05) is 44.2 Å². The highest BCUT2D eigenvalue weighted by atomic mass is 16.5. The first-order valence-electron chi connectivity index (χ1n) is 7.32. The molecule has 0 bridgehead atoms. The van der Waals surface area contributed by atoms with Gasteiger partial charge >= 0.3 is 0 Å². The number of aryl methyl sites for hydroxylation is 2. The number of carbonyl (C=O) groups is 1. The van der Waals surface area contributed by atoms with Crippen LogP contribution < -0.4 is 14.8 Å². The van der Waals surface area contributed by atoms with Gasteiger partial charge in [0.05, 0.1) is 14.2 Å². The normalized spacial score (nSPS) is 10.6. The Bertz CT molecular complexity index is 718. The van der Waals surface area contributed by atoms with Crippen molar-refractivity contribution in [1.82, 2.24) is 0 Å². The van der Waals surface area contributed by atoms with Gasteiger partial charge in [-0.05, 0) is 37.1 Å². The van der Waals surface area contributed by atoms with Crippen molar-refractivity contribution in [2.75, 3.05) is 19.5 Å². The third-order valence-electron chi connectivity index (χ3n) is 3.49. The lowest BCUT2D eigenvalue weighted by Gasteiger charge is -2.12. The van der Waals surface area contributed by atoms with Crippen LogP contribution in [0.25, 0.3) is 6.08 Å². The van der Waals surface area contributed by atoms with Crippen LogP contribution in [0, 0.1) is 13.8 Å². The number of carbonyl (C=O) groups excluding carboxylic acids is 1. The van der Waals surface area contributed by atoms with Gasteiger partial charge in [-0.1, -0.05) is 29.8 Å². The quantitative estimate of drug-likeness (QED) is 0.850. The van der Waals surface area contributed by atoms with Crippen LogP contribution in [0.1, 0.15) is 16.7 Å². The third kappa shape index (κ3) is 4.36. The van der Waals surface area contributed by atoms with Crippen LogP contribution in [0.15, 0.2) is 42.5 Å². The van der Waals surface area contributed by atoms with Gasteiger partial charge in [-0.2, -0.15) is 0 Å². The summed E-state index contributed by atoms with van der Waals surface area (Å²) < 4.78 is 10.5. The predicted octanol–water partition coefficient (Wildman–Crippen LogP) is 3.97. The minimum absolute atomic E-state index is 0.194. The Balaban J connectivity index is 2.12. The molecule has 0 aliphatic heterocycles. The maximum Gasteiger partial charge on any atom is 0.248 e. The first-order chi connectivity index (χ1) is 11.0. The summed E-state index contributed by atoms with van der Waals surface area (Å²) in [6.45, 7) is 3.93. The van der Waals surface area contributed by atoms with Gasteiger partial charge in [0, 0.05) is 17.8 Å². The molecule has 0 saturated heterocycles. The van der Waals surface area contributed by atoms with E-state index >= 15 is 0 Å². The van der Waals surface area contributed by atoms with Gasteiger partial charge in [-0.3, -0.25) is 4.79 Å². The number of nitrogens with one attached hydrogen (secondary N) is 1. The Morgan fingerprint density at radius 1 is 1.00 bits per heavy atom. The third-order valence-corrected chi connectivity index (χ3v) is 3.49. The van der Waals surface area contributed by atoms with Crippen molar-refractivity contribution in [1.29, 1.82) is 0 Å². The van der Waals surface area contributed by atoms with E-state index < -0.39 is 0 Å². The summed E-state index contributed by atoms with van der Waals surface area (Å²) in [5.74, 6) is 1.02. The Labute approximate surface area is 136 Å². The van der Waals surface area contributed by atoms with Crippen molar-refractivity contribution >= 4 is 17.7 Å². The van der Waals surface area contributed by atoms with Gasteiger partial charge in [0.15, 0.2) is 11.5 Å². The van der Waals surface area contributed by atoms with Crippen LogP contribution in [-0.4, -0.2) is 20.1 Å². The molecule has 0 aliphatic rings. The van der Waals surface area contributed by atoms with Gasteiger partial charge in [0.25, 0.3) is 0 Å². The highest BCUT2D eigenvalue weighted by molar-refractivity contribution is 6.02. The topological polar surface area (TPSA) is 47.6 Å². The summed E-state index contributed by atoms with van der Waals surface area (Å²) in [5, 5.41) is 2.86. The number of benzene rings is 2. The van der Waals surface area contributed by atoms with Crippen LogP contribution in [0.5, 0.6) is 11.5 Å². The maximum atomic E-state index is 12.1. The molecule has 0 spiro atoms. The molecule has 2 aromatic rings. The minimum Gasteiger partial charge on any atom is -0.493 e. The highest BCUT2D eigenvalue weighted by Gasteiger charge is 2.09. The van der Waals surface area contributed by atoms with Crippen LogP contribution in [0.4, 0.5) is 5.69 Å². The molecule has 0 atom stereocenters. The fraction of sp³-hybridized carbons (Fsp3) is 0.211. The zero-order valence-corrected chi connectivity index (χ0v) is 13.8. The van der Waals surface area contributed by atoms with E-state index in [-0.39, 0.29) is 5.91 Å². The lowest BCUT2D eigenvalue weighted by molar-refractivity contribution is -0.111. The van der Waals surface area contributed by atoms with Gasteiger partial charge in [0.2, 0.25) is 5.91 Å². The van der Waals surface area contributed by atoms with Gasteiger partial charge < -0.3 is 14.8 Å². The molecule has 2 rings (SSSR count). The molecule has 1 amide bonds. The van der Waals surface area contributed by atoms with E-state index in [1.54, 1.807) is 26.4 Å². The van der Waals surface area contributed by atoms with Crippen LogP contribution in [-0.2, 0) is 4.79 Å². The number of rotatable bonds is 5. The summed E-state index contributed by atoms with van der Waals surface area (Å²) in [7, 11) is 3.15. The molecular formula is C19H21NO3. The summed E-state index contributed by atoms with van der Waals surface area (Å²) >= 11 is 0. The van der Waals surface area contributed by atoms with Gasteiger partial charge in [0.1, 0.15) is 0 Å². The second-order valence-corrected chi connectivity index (χ2v) is 5.26. The molecule has 0 unspecified atom stereocenters. The molecule has 4 heteroatoms. The number of amides is 1. The molecule has 0 heterocycles. The Morgan fingerprint density at radius 3 is 2.22 bits per heavy atom. The van der Waals surface area contributed by atoms with E-state index in [0.717, 1.165) is 11.1 Å². The number of anilines is 1. The second-order valence-electron chi connectivity index (χ2n) is 5.26. The minimum atomic E-state index is -0.194. The second kappa shape index (κ2) is 7.49. The summed E-state index contributed by atoms with van der Waals surface area (Å²) in [5.41, 5.74) is 3.77. The van der Waals surface area contributed by atoms with Crippen LogP contribution in [0.2, 0.25) is 0 Å². The molecule has 0 aromatic heterocycles. The lowest BCUT2D eigenvalue weighted by atomic mass is 10.1. The van der Waals surface area contributed by atoms with Crippen molar-refractivity contribution in [3.05, 3.63) is 59.2 Å². The van der Waals surface area contributed by atoms with Gasteiger partial charge in [-0.25, -0.2) is 0 Å². The largest absolute Gasteiger partial charge is 0.493 e. The van der Waals surface area contributed by atoms with E-state index in [0.29, 0.717) is 17.2 Å². The molecule has 23 heavy (non-hydrogen) atoms. The highest BCUT2D eigenvalue weighted by Crippen LogP contribution is 2.32. The van der Waals surface area contributed by atoms with Crippen LogP contribution in [0.3, 0.4) is 0 Å².